The molecule has 41 valence electrons. The molecule has 0 spiro atoms. The fourth-order valence-electron chi connectivity index (χ4n) is 0.400. The first-order chi connectivity index (χ1) is 3.93. The van der Waals surface area contributed by atoms with Crippen LogP contribution in [0.15, 0.2) is 22.8 Å². The SMILES string of the molecule is S=[C]Nc1ccco1. The van der Waals surface area contributed by atoms with Gasteiger partial charge < -0.3 is 9.73 Å². The van der Waals surface area contributed by atoms with Crippen LogP contribution in [0.3, 0.4) is 0 Å². The third kappa shape index (κ3) is 1.07. The molecule has 1 radical (unpaired) electrons. The van der Waals surface area contributed by atoms with E-state index in [1.54, 1.807) is 18.4 Å². The highest BCUT2D eigenvalue weighted by molar-refractivity contribution is 7.79. The number of furan rings is 1. The van der Waals surface area contributed by atoms with Crippen molar-refractivity contribution in [1.29, 1.82) is 0 Å². The predicted molar refractivity (Wildman–Crippen MR) is 34.9 cm³/mol. The van der Waals surface area contributed by atoms with Crippen molar-refractivity contribution < 1.29 is 4.42 Å². The lowest BCUT2D eigenvalue weighted by molar-refractivity contribution is 0.587. The molecule has 2 nitrogen and oxygen atoms in total. The first kappa shape index (κ1) is 5.31. The third-order valence-corrected chi connectivity index (χ3v) is 0.797. The van der Waals surface area contributed by atoms with Crippen LogP contribution in [0.4, 0.5) is 5.88 Å². The monoisotopic (exact) mass is 126 g/mol. The molecule has 0 amide bonds. The number of nitrogens with one attached hydrogen (secondary N) is 1. The van der Waals surface area contributed by atoms with Gasteiger partial charge in [0.1, 0.15) is 5.49 Å². The number of hydrogen-bond acceptors (Lipinski definition) is 2. The van der Waals surface area contributed by atoms with Gasteiger partial charge in [-0.3, -0.25) is 0 Å². The van der Waals surface area contributed by atoms with E-state index in [0.717, 1.165) is 0 Å². The highest BCUT2D eigenvalue weighted by Crippen LogP contribution is 2.03. The number of anilines is 1. The molecular formula is C5H4NOS. The molecule has 0 unspecified atom stereocenters. The van der Waals surface area contributed by atoms with Crippen molar-refractivity contribution >= 4 is 23.6 Å². The fourth-order valence-corrected chi connectivity index (χ4v) is 0.501. The minimum Gasteiger partial charge on any atom is -0.449 e. The predicted octanol–water partition coefficient (Wildman–Crippen LogP) is 1.53. The Kier molecular flexibility index (Phi) is 1.64. The van der Waals surface area contributed by atoms with Gasteiger partial charge in [0.15, 0.2) is 5.88 Å². The van der Waals surface area contributed by atoms with Crippen LogP contribution in [-0.4, -0.2) is 5.49 Å². The molecule has 0 aromatic carbocycles. The van der Waals surface area contributed by atoms with Crippen LogP contribution in [0.25, 0.3) is 0 Å². The summed E-state index contributed by atoms with van der Waals surface area (Å²) in [5.41, 5.74) is 2.31. The zero-order chi connectivity index (χ0) is 5.82. The quantitative estimate of drug-likeness (QED) is 0.480. The molecule has 1 rings (SSSR count). The Morgan fingerprint density at radius 2 is 2.62 bits per heavy atom. The first-order valence-electron chi connectivity index (χ1n) is 2.10. The zero-order valence-corrected chi connectivity index (χ0v) is 4.87. The normalized spacial score (nSPS) is 8.50. The van der Waals surface area contributed by atoms with Crippen molar-refractivity contribution in [2.24, 2.45) is 0 Å². The van der Waals surface area contributed by atoms with Gasteiger partial charge in [-0.15, -0.1) is 0 Å². The van der Waals surface area contributed by atoms with Gasteiger partial charge in [0.25, 0.3) is 0 Å². The topological polar surface area (TPSA) is 25.2 Å². The van der Waals surface area contributed by atoms with Gasteiger partial charge in [-0.25, -0.2) is 0 Å². The summed E-state index contributed by atoms with van der Waals surface area (Å²) in [4.78, 5) is 0. The Hall–Kier alpha value is -0.830. The van der Waals surface area contributed by atoms with Crippen molar-refractivity contribution in [3.05, 3.63) is 18.4 Å². The summed E-state index contributed by atoms with van der Waals surface area (Å²) in [6, 6.07) is 3.54. The minimum atomic E-state index is 0.625. The van der Waals surface area contributed by atoms with E-state index in [0.29, 0.717) is 5.88 Å². The number of hydrogen-bond donors (Lipinski definition) is 1. The molecule has 0 bridgehead atoms. The Morgan fingerprint density at radius 3 is 3.12 bits per heavy atom. The molecule has 0 atom stereocenters. The second-order valence-electron chi connectivity index (χ2n) is 1.20. The molecule has 0 aliphatic rings. The summed E-state index contributed by atoms with van der Waals surface area (Å²) < 4.78 is 4.83. The number of rotatable bonds is 2. The minimum absolute atomic E-state index is 0.625. The Balaban J connectivity index is 2.62. The average molecular weight is 126 g/mol. The molecule has 1 aromatic rings. The summed E-state index contributed by atoms with van der Waals surface area (Å²) in [7, 11) is 0. The van der Waals surface area contributed by atoms with E-state index < -0.39 is 0 Å². The maximum Gasteiger partial charge on any atom is 0.197 e. The molecular weight excluding hydrogens is 122 g/mol. The maximum atomic E-state index is 4.83. The molecule has 1 heterocycles. The Morgan fingerprint density at radius 1 is 1.75 bits per heavy atom. The van der Waals surface area contributed by atoms with Gasteiger partial charge in [0, 0.05) is 6.07 Å². The highest BCUT2D eigenvalue weighted by atomic mass is 32.1. The van der Waals surface area contributed by atoms with Crippen molar-refractivity contribution in [2.75, 3.05) is 5.32 Å². The molecule has 1 aromatic heterocycles. The summed E-state index contributed by atoms with van der Waals surface area (Å²) in [5.74, 6) is 0.625. The molecule has 3 heteroatoms. The van der Waals surface area contributed by atoms with Crippen LogP contribution in [0.1, 0.15) is 0 Å². The van der Waals surface area contributed by atoms with Crippen LogP contribution in [0, 0.1) is 0 Å². The van der Waals surface area contributed by atoms with E-state index in [1.807, 2.05) is 0 Å². The van der Waals surface area contributed by atoms with Crippen molar-refractivity contribution in [2.45, 2.75) is 0 Å². The van der Waals surface area contributed by atoms with Gasteiger partial charge in [-0.05, 0) is 6.07 Å². The summed E-state index contributed by atoms with van der Waals surface area (Å²) >= 11 is 4.38. The van der Waals surface area contributed by atoms with Gasteiger partial charge in [0.05, 0.1) is 6.26 Å². The molecule has 0 saturated carbocycles. The molecule has 0 fully saturated rings. The first-order valence-corrected chi connectivity index (χ1v) is 2.51. The summed E-state index contributed by atoms with van der Waals surface area (Å²) in [6.45, 7) is 0. The molecule has 0 saturated heterocycles. The van der Waals surface area contributed by atoms with Crippen molar-refractivity contribution in [3.8, 4) is 0 Å². The average Bonchev–Trinajstić information content (AvgIpc) is 2.19. The lowest BCUT2D eigenvalue weighted by Crippen LogP contribution is -1.87. The van der Waals surface area contributed by atoms with Gasteiger partial charge >= 0.3 is 0 Å². The van der Waals surface area contributed by atoms with Crippen LogP contribution >= 0.6 is 12.2 Å². The van der Waals surface area contributed by atoms with E-state index in [2.05, 4.69) is 23.0 Å². The standard InChI is InChI=1S/C5H4NOS/c8-4-6-5-2-1-3-7-5/h1-3H,(H,6,8). The Bertz CT molecular complexity index is 159. The maximum absolute atomic E-state index is 4.83. The van der Waals surface area contributed by atoms with Gasteiger partial charge in [0.2, 0.25) is 0 Å². The van der Waals surface area contributed by atoms with E-state index in [4.69, 9.17) is 4.42 Å². The van der Waals surface area contributed by atoms with E-state index >= 15 is 0 Å². The second kappa shape index (κ2) is 2.47. The molecule has 0 aliphatic carbocycles. The van der Waals surface area contributed by atoms with E-state index in [9.17, 15) is 0 Å². The van der Waals surface area contributed by atoms with Crippen molar-refractivity contribution in [3.63, 3.8) is 0 Å². The Labute approximate surface area is 52.5 Å². The lowest BCUT2D eigenvalue weighted by atomic mass is 10.6. The van der Waals surface area contributed by atoms with Crippen LogP contribution in [-0.2, 0) is 0 Å². The largest absolute Gasteiger partial charge is 0.449 e. The van der Waals surface area contributed by atoms with Crippen LogP contribution < -0.4 is 5.32 Å². The second-order valence-corrected chi connectivity index (χ2v) is 1.41. The fraction of sp³-hybridized carbons (Fsp3) is 0. The third-order valence-electron chi connectivity index (χ3n) is 0.695. The zero-order valence-electron chi connectivity index (χ0n) is 4.05. The summed E-state index contributed by atoms with van der Waals surface area (Å²) in [6.07, 6.45) is 1.56. The van der Waals surface area contributed by atoms with Crippen molar-refractivity contribution in [1.82, 2.24) is 0 Å². The smallest absolute Gasteiger partial charge is 0.197 e. The molecule has 0 aliphatic heterocycles. The number of thiocarbonyl (C=S) groups is 1. The van der Waals surface area contributed by atoms with E-state index in [-0.39, 0.29) is 0 Å². The summed E-state index contributed by atoms with van der Waals surface area (Å²) in [5, 5.41) is 2.59. The molecule has 1 N–H and O–H groups in total. The van der Waals surface area contributed by atoms with Gasteiger partial charge in [-0.2, -0.15) is 0 Å². The van der Waals surface area contributed by atoms with Crippen LogP contribution in [0.5, 0.6) is 0 Å². The van der Waals surface area contributed by atoms with Crippen LogP contribution in [0.2, 0.25) is 0 Å². The van der Waals surface area contributed by atoms with Gasteiger partial charge in [-0.1, -0.05) is 12.2 Å². The highest BCUT2D eigenvalue weighted by Gasteiger charge is 1.85. The van der Waals surface area contributed by atoms with E-state index in [1.165, 1.54) is 0 Å². The lowest BCUT2D eigenvalue weighted by Gasteiger charge is -1.85. The molecule has 8 heavy (non-hydrogen) atoms.